The number of rotatable bonds is 2. The Hall–Kier alpha value is -1.39. The summed E-state index contributed by atoms with van der Waals surface area (Å²) >= 11 is 5.94. The van der Waals surface area contributed by atoms with Crippen LogP contribution in [0, 0.1) is 0 Å². The van der Waals surface area contributed by atoms with Crippen molar-refractivity contribution in [2.45, 2.75) is 4.90 Å². The third-order valence-electron chi connectivity index (χ3n) is 2.31. The second-order valence-corrected chi connectivity index (χ2v) is 5.20. The van der Waals surface area contributed by atoms with Crippen molar-refractivity contribution in [3.05, 3.63) is 53.6 Å². The van der Waals surface area contributed by atoms with Gasteiger partial charge in [-0.3, -0.25) is 0 Å². The molecule has 0 bridgehead atoms. The maximum Gasteiger partial charge on any atom is 0.332 e. The van der Waals surface area contributed by atoms with Crippen LogP contribution in [0.1, 0.15) is 0 Å². The molecule has 0 saturated heterocycles. The fourth-order valence-corrected chi connectivity index (χ4v) is 2.34. The Morgan fingerprint density at radius 2 is 1.65 bits per heavy atom. The predicted octanol–water partition coefficient (Wildman–Crippen LogP) is 3.67. The molecule has 0 amide bonds. The molecule has 0 aliphatic rings. The van der Waals surface area contributed by atoms with Crippen LogP contribution in [0.2, 0.25) is 5.02 Å². The Kier molecular flexibility index (Phi) is 3.17. The van der Waals surface area contributed by atoms with Gasteiger partial charge in [-0.15, -0.1) is 3.89 Å². The average Bonchev–Trinajstić information content (AvgIpc) is 2.29. The van der Waals surface area contributed by atoms with Crippen molar-refractivity contribution in [3.8, 4) is 11.1 Å². The highest BCUT2D eigenvalue weighted by molar-refractivity contribution is 7.86. The van der Waals surface area contributed by atoms with E-state index in [1.165, 1.54) is 12.1 Å². The van der Waals surface area contributed by atoms with E-state index in [4.69, 9.17) is 11.6 Å². The minimum atomic E-state index is -4.71. The molecular weight excluding hydrogens is 263 g/mol. The summed E-state index contributed by atoms with van der Waals surface area (Å²) in [6, 6.07) is 13.0. The smallest absolute Gasteiger partial charge is 0.189 e. The van der Waals surface area contributed by atoms with Crippen molar-refractivity contribution in [3.63, 3.8) is 0 Å². The Morgan fingerprint density at radius 3 is 2.18 bits per heavy atom. The highest BCUT2D eigenvalue weighted by atomic mass is 35.5. The molecule has 2 rings (SSSR count). The van der Waals surface area contributed by atoms with E-state index in [0.717, 1.165) is 11.6 Å². The highest BCUT2D eigenvalue weighted by Crippen LogP contribution is 2.30. The van der Waals surface area contributed by atoms with E-state index < -0.39 is 15.1 Å². The number of halogens is 2. The predicted molar refractivity (Wildman–Crippen MR) is 65.2 cm³/mol. The molecular formula is C12H8ClFO2S. The summed E-state index contributed by atoms with van der Waals surface area (Å²) < 4.78 is 34.2. The standard InChI is InChI=1S/C12H8ClFO2S/c13-12-8-10(17(14,15)16)6-7-11(12)9-4-2-1-3-5-9/h1-8H. The first-order valence-electron chi connectivity index (χ1n) is 4.78. The number of hydrogen-bond acceptors (Lipinski definition) is 2. The van der Waals surface area contributed by atoms with Gasteiger partial charge in [0.2, 0.25) is 0 Å². The number of benzene rings is 2. The molecule has 5 heteroatoms. The largest absolute Gasteiger partial charge is 0.332 e. The Morgan fingerprint density at radius 1 is 1.00 bits per heavy atom. The molecule has 2 aromatic rings. The van der Waals surface area contributed by atoms with Crippen LogP contribution >= 0.6 is 11.6 Å². The van der Waals surface area contributed by atoms with Crippen LogP contribution in [0.25, 0.3) is 11.1 Å². The molecule has 0 radical (unpaired) electrons. The molecule has 17 heavy (non-hydrogen) atoms. The van der Waals surface area contributed by atoms with E-state index in [-0.39, 0.29) is 5.02 Å². The van der Waals surface area contributed by atoms with Crippen LogP contribution < -0.4 is 0 Å². The zero-order chi connectivity index (χ0) is 12.5. The van der Waals surface area contributed by atoms with Gasteiger partial charge in [-0.05, 0) is 17.7 Å². The maximum atomic E-state index is 12.7. The molecule has 0 fully saturated rings. The first kappa shape index (κ1) is 12.1. The molecule has 2 aromatic carbocycles. The van der Waals surface area contributed by atoms with E-state index >= 15 is 0 Å². The molecule has 0 saturated carbocycles. The quantitative estimate of drug-likeness (QED) is 0.781. The summed E-state index contributed by atoms with van der Waals surface area (Å²) in [5.74, 6) is 0. The van der Waals surface area contributed by atoms with Gasteiger partial charge in [0.25, 0.3) is 0 Å². The van der Waals surface area contributed by atoms with Crippen LogP contribution in [0.15, 0.2) is 53.4 Å². The van der Waals surface area contributed by atoms with E-state index in [9.17, 15) is 12.3 Å². The van der Waals surface area contributed by atoms with Gasteiger partial charge in [-0.2, -0.15) is 8.42 Å². The third-order valence-corrected chi connectivity index (χ3v) is 3.44. The van der Waals surface area contributed by atoms with Crippen LogP contribution in [-0.2, 0) is 10.2 Å². The van der Waals surface area contributed by atoms with Gasteiger partial charge in [0, 0.05) is 10.6 Å². The SMILES string of the molecule is O=S(=O)(F)c1ccc(-c2ccccc2)c(Cl)c1. The van der Waals surface area contributed by atoms with E-state index in [1.807, 2.05) is 30.3 Å². The van der Waals surface area contributed by atoms with Gasteiger partial charge in [0.1, 0.15) is 0 Å². The molecule has 0 spiro atoms. The lowest BCUT2D eigenvalue weighted by Crippen LogP contribution is -1.92. The summed E-state index contributed by atoms with van der Waals surface area (Å²) in [6.07, 6.45) is 0. The summed E-state index contributed by atoms with van der Waals surface area (Å²) in [4.78, 5) is -0.429. The van der Waals surface area contributed by atoms with E-state index in [2.05, 4.69) is 0 Å². The van der Waals surface area contributed by atoms with Crippen molar-refractivity contribution in [1.82, 2.24) is 0 Å². The van der Waals surface area contributed by atoms with E-state index in [1.54, 1.807) is 0 Å². The molecule has 0 atom stereocenters. The fourth-order valence-electron chi connectivity index (χ4n) is 1.50. The molecule has 0 unspecified atom stereocenters. The van der Waals surface area contributed by atoms with Crippen molar-refractivity contribution < 1.29 is 12.3 Å². The third kappa shape index (κ3) is 2.65. The lowest BCUT2D eigenvalue weighted by atomic mass is 10.1. The summed E-state index contributed by atoms with van der Waals surface area (Å²) in [5, 5.41) is 0.204. The first-order chi connectivity index (χ1) is 7.98. The molecule has 0 aliphatic carbocycles. The van der Waals surface area contributed by atoms with E-state index in [0.29, 0.717) is 5.56 Å². The zero-order valence-corrected chi connectivity index (χ0v) is 10.2. The lowest BCUT2D eigenvalue weighted by molar-refractivity contribution is 0.552. The molecule has 0 heterocycles. The first-order valence-corrected chi connectivity index (χ1v) is 6.54. The fraction of sp³-hybridized carbons (Fsp3) is 0. The van der Waals surface area contributed by atoms with Crippen molar-refractivity contribution in [1.29, 1.82) is 0 Å². The summed E-state index contributed by atoms with van der Waals surface area (Å²) in [5.41, 5.74) is 1.51. The molecule has 0 aliphatic heterocycles. The van der Waals surface area contributed by atoms with Gasteiger partial charge in [0.05, 0.1) is 4.90 Å². The normalized spacial score (nSPS) is 11.4. The van der Waals surface area contributed by atoms with Gasteiger partial charge in [-0.25, -0.2) is 0 Å². The minimum absolute atomic E-state index is 0.204. The van der Waals surface area contributed by atoms with Crippen LogP contribution in [0.4, 0.5) is 3.89 Å². The zero-order valence-electron chi connectivity index (χ0n) is 8.60. The average molecular weight is 271 g/mol. The second kappa shape index (κ2) is 4.47. The molecule has 2 nitrogen and oxygen atoms in total. The monoisotopic (exact) mass is 270 g/mol. The van der Waals surface area contributed by atoms with Gasteiger partial charge < -0.3 is 0 Å². The molecule has 88 valence electrons. The van der Waals surface area contributed by atoms with Crippen molar-refractivity contribution >= 4 is 21.8 Å². The topological polar surface area (TPSA) is 34.1 Å². The Labute approximate surface area is 104 Å². The van der Waals surface area contributed by atoms with Crippen LogP contribution in [0.3, 0.4) is 0 Å². The van der Waals surface area contributed by atoms with Gasteiger partial charge in [0.15, 0.2) is 0 Å². The van der Waals surface area contributed by atoms with Gasteiger partial charge in [-0.1, -0.05) is 48.0 Å². The van der Waals surface area contributed by atoms with Crippen molar-refractivity contribution in [2.75, 3.05) is 0 Å². The van der Waals surface area contributed by atoms with Crippen LogP contribution in [0.5, 0.6) is 0 Å². The Balaban J connectivity index is 2.54. The van der Waals surface area contributed by atoms with Gasteiger partial charge >= 0.3 is 10.2 Å². The minimum Gasteiger partial charge on any atom is -0.189 e. The maximum absolute atomic E-state index is 12.7. The van der Waals surface area contributed by atoms with Crippen molar-refractivity contribution in [2.24, 2.45) is 0 Å². The summed E-state index contributed by atoms with van der Waals surface area (Å²) in [7, 11) is -4.71. The lowest BCUT2D eigenvalue weighted by Gasteiger charge is -2.05. The Bertz CT molecular complexity index is 639. The molecule has 0 aromatic heterocycles. The van der Waals surface area contributed by atoms with Crippen LogP contribution in [-0.4, -0.2) is 8.42 Å². The second-order valence-electron chi connectivity index (χ2n) is 3.45. The summed E-state index contributed by atoms with van der Waals surface area (Å²) in [6.45, 7) is 0. The highest BCUT2D eigenvalue weighted by Gasteiger charge is 2.14. The number of hydrogen-bond donors (Lipinski definition) is 0. The molecule has 0 N–H and O–H groups in total.